The second-order valence-electron chi connectivity index (χ2n) is 5.21. The number of nitrogens with zero attached hydrogens (tertiary/aromatic N) is 3. The van der Waals surface area contributed by atoms with Crippen molar-refractivity contribution in [2.75, 3.05) is 7.05 Å². The molecule has 0 saturated heterocycles. The zero-order chi connectivity index (χ0) is 12.1. The van der Waals surface area contributed by atoms with Crippen LogP contribution >= 0.6 is 0 Å². The van der Waals surface area contributed by atoms with Gasteiger partial charge in [0, 0.05) is 18.5 Å². The average molecular weight is 236 g/mol. The molecule has 0 bridgehead atoms. The highest BCUT2D eigenvalue weighted by atomic mass is 15.3. The predicted molar refractivity (Wildman–Crippen MR) is 68.9 cm³/mol. The summed E-state index contributed by atoms with van der Waals surface area (Å²) >= 11 is 0. The van der Waals surface area contributed by atoms with Crippen molar-refractivity contribution in [3.63, 3.8) is 0 Å². The monoisotopic (exact) mass is 236 g/mol. The highest BCUT2D eigenvalue weighted by molar-refractivity contribution is 5.00. The number of likely N-dealkylation sites (N-methyl/N-ethyl adjacent to an activating group) is 1. The molecule has 0 unspecified atom stereocenters. The van der Waals surface area contributed by atoms with Crippen LogP contribution in [0.4, 0.5) is 0 Å². The molecular formula is C13H24N4. The van der Waals surface area contributed by atoms with Crippen LogP contribution in [0.3, 0.4) is 0 Å². The Hall–Kier alpha value is -0.900. The summed E-state index contributed by atoms with van der Waals surface area (Å²) in [6, 6.07) is 0. The average Bonchev–Trinajstić information content (AvgIpc) is 2.78. The zero-order valence-corrected chi connectivity index (χ0v) is 11.1. The van der Waals surface area contributed by atoms with Crippen molar-refractivity contribution in [3.8, 4) is 0 Å². The zero-order valence-electron chi connectivity index (χ0n) is 11.1. The standard InChI is InChI=1S/C13H24N4/c1-3-9-17-11-15-16-12(17)10-13(14-2)7-5-4-6-8-13/h11,14H,3-10H2,1-2H3. The normalized spacial score (nSPS) is 19.4. The smallest absolute Gasteiger partial charge is 0.134 e. The molecule has 1 aliphatic carbocycles. The Labute approximate surface area is 104 Å². The molecule has 0 spiro atoms. The van der Waals surface area contributed by atoms with Gasteiger partial charge in [-0.2, -0.15) is 0 Å². The van der Waals surface area contributed by atoms with E-state index in [4.69, 9.17) is 0 Å². The van der Waals surface area contributed by atoms with Gasteiger partial charge < -0.3 is 9.88 Å². The Balaban J connectivity index is 2.09. The lowest BCUT2D eigenvalue weighted by atomic mass is 9.79. The van der Waals surface area contributed by atoms with E-state index in [0.29, 0.717) is 0 Å². The lowest BCUT2D eigenvalue weighted by Gasteiger charge is -2.37. The number of hydrogen-bond acceptors (Lipinski definition) is 3. The van der Waals surface area contributed by atoms with E-state index in [1.165, 1.54) is 32.1 Å². The van der Waals surface area contributed by atoms with Gasteiger partial charge in [0.05, 0.1) is 0 Å². The van der Waals surface area contributed by atoms with Crippen LogP contribution < -0.4 is 5.32 Å². The van der Waals surface area contributed by atoms with Crippen molar-refractivity contribution in [1.29, 1.82) is 0 Å². The minimum atomic E-state index is 0.261. The number of aromatic nitrogens is 3. The van der Waals surface area contributed by atoms with Gasteiger partial charge >= 0.3 is 0 Å². The van der Waals surface area contributed by atoms with Crippen molar-refractivity contribution in [2.24, 2.45) is 0 Å². The van der Waals surface area contributed by atoms with Crippen LogP contribution in [0, 0.1) is 0 Å². The lowest BCUT2D eigenvalue weighted by molar-refractivity contribution is 0.238. The molecule has 4 heteroatoms. The molecule has 4 nitrogen and oxygen atoms in total. The van der Waals surface area contributed by atoms with Gasteiger partial charge in [0.25, 0.3) is 0 Å². The fraction of sp³-hybridized carbons (Fsp3) is 0.846. The van der Waals surface area contributed by atoms with E-state index in [9.17, 15) is 0 Å². The molecule has 1 aliphatic rings. The minimum absolute atomic E-state index is 0.261. The molecule has 0 amide bonds. The number of nitrogens with one attached hydrogen (secondary N) is 1. The second kappa shape index (κ2) is 5.63. The SMILES string of the molecule is CCCn1cnnc1CC1(NC)CCCCC1. The molecule has 0 atom stereocenters. The molecular weight excluding hydrogens is 212 g/mol. The van der Waals surface area contributed by atoms with Crippen LogP contribution in [0.1, 0.15) is 51.3 Å². The van der Waals surface area contributed by atoms with E-state index in [1.807, 2.05) is 6.33 Å². The molecule has 1 heterocycles. The third-order valence-electron chi connectivity index (χ3n) is 4.00. The number of hydrogen-bond donors (Lipinski definition) is 1. The molecule has 96 valence electrons. The van der Waals surface area contributed by atoms with Crippen LogP contribution in [0.2, 0.25) is 0 Å². The molecule has 1 saturated carbocycles. The highest BCUT2D eigenvalue weighted by Gasteiger charge is 2.31. The fourth-order valence-corrected chi connectivity index (χ4v) is 2.89. The van der Waals surface area contributed by atoms with Crippen LogP contribution in [-0.2, 0) is 13.0 Å². The highest BCUT2D eigenvalue weighted by Crippen LogP contribution is 2.30. The van der Waals surface area contributed by atoms with Crippen LogP contribution in [0.5, 0.6) is 0 Å². The Morgan fingerprint density at radius 2 is 2.12 bits per heavy atom. The quantitative estimate of drug-likeness (QED) is 0.852. The van der Waals surface area contributed by atoms with E-state index in [0.717, 1.165) is 25.2 Å². The van der Waals surface area contributed by atoms with Crippen molar-refractivity contribution >= 4 is 0 Å². The van der Waals surface area contributed by atoms with Crippen LogP contribution in [-0.4, -0.2) is 27.4 Å². The topological polar surface area (TPSA) is 42.7 Å². The van der Waals surface area contributed by atoms with E-state index < -0.39 is 0 Å². The van der Waals surface area contributed by atoms with Gasteiger partial charge in [-0.25, -0.2) is 0 Å². The van der Waals surface area contributed by atoms with Crippen LogP contribution in [0.25, 0.3) is 0 Å². The van der Waals surface area contributed by atoms with Gasteiger partial charge in [-0.05, 0) is 26.3 Å². The first-order valence-corrected chi connectivity index (χ1v) is 6.85. The summed E-state index contributed by atoms with van der Waals surface area (Å²) in [7, 11) is 2.09. The van der Waals surface area contributed by atoms with Crippen LogP contribution in [0.15, 0.2) is 6.33 Å². The van der Waals surface area contributed by atoms with Crippen molar-refractivity contribution in [3.05, 3.63) is 12.2 Å². The molecule has 2 rings (SSSR count). The maximum Gasteiger partial charge on any atom is 0.134 e. The maximum atomic E-state index is 4.29. The Kier molecular flexibility index (Phi) is 4.15. The molecule has 1 aromatic rings. The largest absolute Gasteiger partial charge is 0.318 e. The van der Waals surface area contributed by atoms with E-state index in [2.05, 4.69) is 34.1 Å². The number of rotatable bonds is 5. The van der Waals surface area contributed by atoms with Gasteiger partial charge in [0.15, 0.2) is 0 Å². The summed E-state index contributed by atoms with van der Waals surface area (Å²) in [6.07, 6.45) is 10.6. The Bertz CT molecular complexity index is 339. The molecule has 1 N–H and O–H groups in total. The van der Waals surface area contributed by atoms with Crippen molar-refractivity contribution < 1.29 is 0 Å². The molecule has 17 heavy (non-hydrogen) atoms. The third-order valence-corrected chi connectivity index (χ3v) is 4.00. The fourth-order valence-electron chi connectivity index (χ4n) is 2.89. The first-order chi connectivity index (χ1) is 8.29. The predicted octanol–water partition coefficient (Wildman–Crippen LogP) is 2.15. The van der Waals surface area contributed by atoms with Gasteiger partial charge in [0.1, 0.15) is 12.2 Å². The first-order valence-electron chi connectivity index (χ1n) is 6.85. The summed E-state index contributed by atoms with van der Waals surface area (Å²) in [5, 5.41) is 11.9. The summed E-state index contributed by atoms with van der Waals surface area (Å²) in [5.74, 6) is 1.14. The van der Waals surface area contributed by atoms with E-state index in [1.54, 1.807) is 0 Å². The Morgan fingerprint density at radius 3 is 2.76 bits per heavy atom. The molecule has 0 radical (unpaired) electrons. The summed E-state index contributed by atoms with van der Waals surface area (Å²) < 4.78 is 2.20. The van der Waals surface area contributed by atoms with Crippen molar-refractivity contribution in [2.45, 2.75) is 64.0 Å². The third kappa shape index (κ3) is 2.86. The number of aryl methyl sites for hydroxylation is 1. The van der Waals surface area contributed by atoms with Crippen molar-refractivity contribution in [1.82, 2.24) is 20.1 Å². The minimum Gasteiger partial charge on any atom is -0.318 e. The van der Waals surface area contributed by atoms with E-state index >= 15 is 0 Å². The van der Waals surface area contributed by atoms with Gasteiger partial charge in [-0.3, -0.25) is 0 Å². The second-order valence-corrected chi connectivity index (χ2v) is 5.21. The summed E-state index contributed by atoms with van der Waals surface area (Å²) in [5.41, 5.74) is 0.261. The first kappa shape index (κ1) is 12.6. The Morgan fingerprint density at radius 1 is 1.35 bits per heavy atom. The van der Waals surface area contributed by atoms with Gasteiger partial charge in [0.2, 0.25) is 0 Å². The maximum absolute atomic E-state index is 4.29. The lowest BCUT2D eigenvalue weighted by Crippen LogP contribution is -2.47. The molecule has 0 aromatic carbocycles. The van der Waals surface area contributed by atoms with E-state index in [-0.39, 0.29) is 5.54 Å². The van der Waals surface area contributed by atoms with Gasteiger partial charge in [-0.15, -0.1) is 10.2 Å². The summed E-state index contributed by atoms with van der Waals surface area (Å²) in [4.78, 5) is 0. The molecule has 1 aromatic heterocycles. The summed E-state index contributed by atoms with van der Waals surface area (Å²) in [6.45, 7) is 3.22. The molecule has 1 fully saturated rings. The van der Waals surface area contributed by atoms with Gasteiger partial charge in [-0.1, -0.05) is 26.2 Å². The molecule has 0 aliphatic heterocycles.